The van der Waals surface area contributed by atoms with Gasteiger partial charge in [0.2, 0.25) is 5.91 Å². The molecule has 1 saturated heterocycles. The summed E-state index contributed by atoms with van der Waals surface area (Å²) in [6.45, 7) is 1.66. The summed E-state index contributed by atoms with van der Waals surface area (Å²) in [6.07, 6.45) is 1.80. The maximum Gasteiger partial charge on any atom is 0.276 e. The number of aromatic nitrogens is 2. The summed E-state index contributed by atoms with van der Waals surface area (Å²) >= 11 is 1.88. The standard InChI is InChI=1S/C25H27N5O5S/c1-29-25(35)21(18(14-27-29)30-9-11-36-12-10-30)16-7-5-15(6-8-16)13-17(23(26)33)28-24(34)22-19(31)3-2-4-20(22)32/h2-8,14,17,31-32H,9-13H2,1H3,(H2,26,33)(H,28,34)/t17-/m0/s1. The number of amides is 2. The average molecular weight is 510 g/mol. The van der Waals surface area contributed by atoms with E-state index in [2.05, 4.69) is 15.3 Å². The van der Waals surface area contributed by atoms with E-state index in [-0.39, 0.29) is 17.5 Å². The van der Waals surface area contributed by atoms with E-state index in [1.165, 1.54) is 22.9 Å². The zero-order valence-corrected chi connectivity index (χ0v) is 20.5. The van der Waals surface area contributed by atoms with Gasteiger partial charge in [0.1, 0.15) is 23.1 Å². The van der Waals surface area contributed by atoms with Crippen molar-refractivity contribution in [2.75, 3.05) is 29.5 Å². The van der Waals surface area contributed by atoms with Gasteiger partial charge in [0.25, 0.3) is 11.5 Å². The summed E-state index contributed by atoms with van der Waals surface area (Å²) in [5, 5.41) is 26.5. The van der Waals surface area contributed by atoms with Gasteiger partial charge in [-0.05, 0) is 23.3 Å². The van der Waals surface area contributed by atoms with Crippen LogP contribution in [0.3, 0.4) is 0 Å². The molecule has 1 atom stereocenters. The van der Waals surface area contributed by atoms with Gasteiger partial charge < -0.3 is 26.2 Å². The Morgan fingerprint density at radius 1 is 1.11 bits per heavy atom. The van der Waals surface area contributed by atoms with Crippen LogP contribution in [-0.4, -0.2) is 62.4 Å². The zero-order valence-electron chi connectivity index (χ0n) is 19.7. The fourth-order valence-electron chi connectivity index (χ4n) is 4.10. The Morgan fingerprint density at radius 3 is 2.36 bits per heavy atom. The molecule has 2 aromatic carbocycles. The number of nitrogens with two attached hydrogens (primary N) is 1. The molecule has 0 aliphatic carbocycles. The van der Waals surface area contributed by atoms with Gasteiger partial charge in [-0.1, -0.05) is 30.3 Å². The molecule has 2 heterocycles. The first-order valence-corrected chi connectivity index (χ1v) is 12.5. The monoisotopic (exact) mass is 509 g/mol. The predicted molar refractivity (Wildman–Crippen MR) is 138 cm³/mol. The molecule has 1 aliphatic heterocycles. The predicted octanol–water partition coefficient (Wildman–Crippen LogP) is 1.24. The van der Waals surface area contributed by atoms with E-state index >= 15 is 0 Å². The van der Waals surface area contributed by atoms with Crippen LogP contribution in [0, 0.1) is 0 Å². The number of anilines is 1. The normalized spacial score (nSPS) is 14.3. The molecule has 1 aliphatic rings. The molecule has 10 nitrogen and oxygen atoms in total. The first-order chi connectivity index (χ1) is 17.3. The highest BCUT2D eigenvalue weighted by atomic mass is 32.2. The molecule has 188 valence electrons. The second-order valence-corrected chi connectivity index (χ2v) is 9.66. The second kappa shape index (κ2) is 10.7. The molecule has 1 fully saturated rings. The molecule has 2 amide bonds. The number of rotatable bonds is 7. The average Bonchev–Trinajstić information content (AvgIpc) is 2.86. The number of hydrogen-bond donors (Lipinski definition) is 4. The maximum atomic E-state index is 13.0. The van der Waals surface area contributed by atoms with Crippen LogP contribution in [0.2, 0.25) is 0 Å². The van der Waals surface area contributed by atoms with E-state index in [1.54, 1.807) is 37.5 Å². The number of benzene rings is 2. The summed E-state index contributed by atoms with van der Waals surface area (Å²) in [7, 11) is 1.61. The largest absolute Gasteiger partial charge is 0.507 e. The molecule has 1 aromatic heterocycles. The Kier molecular flexibility index (Phi) is 7.49. The summed E-state index contributed by atoms with van der Waals surface area (Å²) in [5.41, 5.74) is 7.73. The van der Waals surface area contributed by atoms with E-state index in [1.807, 2.05) is 11.8 Å². The van der Waals surface area contributed by atoms with Gasteiger partial charge in [-0.2, -0.15) is 16.9 Å². The van der Waals surface area contributed by atoms with Crippen molar-refractivity contribution < 1.29 is 19.8 Å². The number of carbonyl (C=O) groups excluding carboxylic acids is 2. The maximum absolute atomic E-state index is 13.0. The number of aromatic hydroxyl groups is 2. The van der Waals surface area contributed by atoms with Crippen molar-refractivity contribution in [2.24, 2.45) is 12.8 Å². The van der Waals surface area contributed by atoms with E-state index in [0.717, 1.165) is 30.3 Å². The van der Waals surface area contributed by atoms with Crippen LogP contribution in [0.1, 0.15) is 15.9 Å². The minimum absolute atomic E-state index is 0.0836. The first-order valence-electron chi connectivity index (χ1n) is 11.4. The van der Waals surface area contributed by atoms with E-state index in [0.29, 0.717) is 16.7 Å². The van der Waals surface area contributed by atoms with Gasteiger partial charge in [0.15, 0.2) is 0 Å². The highest BCUT2D eigenvalue weighted by Crippen LogP contribution is 2.29. The molecule has 0 unspecified atom stereocenters. The van der Waals surface area contributed by atoms with Crippen LogP contribution < -0.4 is 21.5 Å². The number of nitrogens with one attached hydrogen (secondary N) is 1. The van der Waals surface area contributed by atoms with Gasteiger partial charge in [0, 0.05) is 38.1 Å². The summed E-state index contributed by atoms with van der Waals surface area (Å²) in [5.74, 6) is -0.464. The number of thioether (sulfide) groups is 1. The van der Waals surface area contributed by atoms with E-state index in [4.69, 9.17) is 5.73 Å². The molecular weight excluding hydrogens is 482 g/mol. The molecule has 4 rings (SSSR count). The minimum atomic E-state index is -1.09. The van der Waals surface area contributed by atoms with Gasteiger partial charge in [0.05, 0.1) is 17.4 Å². The Bertz CT molecular complexity index is 1320. The van der Waals surface area contributed by atoms with Crippen molar-refractivity contribution in [3.8, 4) is 22.6 Å². The molecule has 0 bridgehead atoms. The third-order valence-electron chi connectivity index (χ3n) is 6.05. The van der Waals surface area contributed by atoms with Crippen LogP contribution in [0.15, 0.2) is 53.5 Å². The fourth-order valence-corrected chi connectivity index (χ4v) is 5.01. The van der Waals surface area contributed by atoms with E-state index < -0.39 is 29.4 Å². The number of aryl methyl sites for hydroxylation is 1. The minimum Gasteiger partial charge on any atom is -0.507 e. The molecule has 5 N–H and O–H groups in total. The summed E-state index contributed by atoms with van der Waals surface area (Å²) < 4.78 is 1.30. The van der Waals surface area contributed by atoms with Crippen molar-refractivity contribution in [3.05, 3.63) is 70.1 Å². The highest BCUT2D eigenvalue weighted by Gasteiger charge is 2.24. The third kappa shape index (κ3) is 5.30. The molecule has 0 saturated carbocycles. The Hall–Kier alpha value is -3.99. The van der Waals surface area contributed by atoms with E-state index in [9.17, 15) is 24.6 Å². The van der Waals surface area contributed by atoms with Gasteiger partial charge in [-0.3, -0.25) is 14.4 Å². The Morgan fingerprint density at radius 2 is 1.75 bits per heavy atom. The van der Waals surface area contributed by atoms with Gasteiger partial charge in [-0.15, -0.1) is 0 Å². The van der Waals surface area contributed by atoms with Crippen molar-refractivity contribution >= 4 is 29.3 Å². The molecule has 0 radical (unpaired) electrons. The highest BCUT2D eigenvalue weighted by molar-refractivity contribution is 7.99. The molecule has 0 spiro atoms. The van der Waals surface area contributed by atoms with Crippen LogP contribution in [-0.2, 0) is 18.3 Å². The Labute approximate surface area is 211 Å². The lowest BCUT2D eigenvalue weighted by molar-refractivity contribution is -0.119. The number of phenols is 2. The lowest BCUT2D eigenvalue weighted by Crippen LogP contribution is -2.45. The number of hydrogen-bond acceptors (Lipinski definition) is 8. The summed E-state index contributed by atoms with van der Waals surface area (Å²) in [6, 6.07) is 9.94. The molecule has 36 heavy (non-hydrogen) atoms. The quantitative estimate of drug-likeness (QED) is 0.371. The van der Waals surface area contributed by atoms with Gasteiger partial charge in [-0.25, -0.2) is 4.68 Å². The van der Waals surface area contributed by atoms with Gasteiger partial charge >= 0.3 is 0 Å². The van der Waals surface area contributed by atoms with Crippen molar-refractivity contribution in [3.63, 3.8) is 0 Å². The molecular formula is C25H27N5O5S. The number of phenolic OH excluding ortho intramolecular Hbond substituents is 2. The van der Waals surface area contributed by atoms with Crippen molar-refractivity contribution in [1.82, 2.24) is 15.1 Å². The Balaban J connectivity index is 1.57. The van der Waals surface area contributed by atoms with Crippen molar-refractivity contribution in [1.29, 1.82) is 0 Å². The lowest BCUT2D eigenvalue weighted by atomic mass is 9.99. The second-order valence-electron chi connectivity index (χ2n) is 8.43. The SMILES string of the molecule is Cn1ncc(N2CCSCC2)c(-c2ccc(C[C@H](NC(=O)c3c(O)cccc3O)C(N)=O)cc2)c1=O. The smallest absolute Gasteiger partial charge is 0.276 e. The van der Waals surface area contributed by atoms with Crippen LogP contribution in [0.25, 0.3) is 11.1 Å². The topological polar surface area (TPSA) is 151 Å². The van der Waals surface area contributed by atoms with Crippen LogP contribution in [0.4, 0.5) is 5.69 Å². The number of primary amides is 1. The lowest BCUT2D eigenvalue weighted by Gasteiger charge is -2.29. The third-order valence-corrected chi connectivity index (χ3v) is 6.99. The first kappa shape index (κ1) is 25.1. The fraction of sp³-hybridized carbons (Fsp3) is 0.280. The number of carbonyl (C=O) groups is 2. The van der Waals surface area contributed by atoms with Crippen LogP contribution >= 0.6 is 11.8 Å². The molecule has 3 aromatic rings. The van der Waals surface area contributed by atoms with Crippen molar-refractivity contribution in [2.45, 2.75) is 12.5 Å². The summed E-state index contributed by atoms with van der Waals surface area (Å²) in [4.78, 5) is 39.8. The zero-order chi connectivity index (χ0) is 25.8. The van der Waals surface area contributed by atoms with Crippen LogP contribution in [0.5, 0.6) is 11.5 Å². The molecule has 11 heteroatoms. The number of nitrogens with zero attached hydrogens (tertiary/aromatic N) is 3.